The zero-order chi connectivity index (χ0) is 35.2. The predicted molar refractivity (Wildman–Crippen MR) is 167 cm³/mol. The Balaban J connectivity index is 0.987. The summed E-state index contributed by atoms with van der Waals surface area (Å²) in [6, 6.07) is 0. The van der Waals surface area contributed by atoms with Gasteiger partial charge in [0.05, 0.1) is 30.5 Å². The molecule has 0 aromatic rings. The number of cyclic esters (lactones) is 1. The molecule has 0 aromatic heterocycles. The maximum absolute atomic E-state index is 12.5. The van der Waals surface area contributed by atoms with Crippen LogP contribution in [0.25, 0.3) is 0 Å². The predicted octanol–water partition coefficient (Wildman–Crippen LogP) is -0.749. The standard InChI is InChI=1S/C35H54O14/c1-15-30(49-32-28(42)26(40)25(39)22(13-36)48-32)27(41)29(43)31(46-15)47-18-6-8-33(2)17(11-18)4-5-20-19(33)7-9-34(3)24(16-10-23(38)45-14-16)21(37)12-35(20,34)44/h10,15,17-22,24-32,36-37,39-44H,4-9,11-14H2,1-3H3/t15-,17+,18-,19+,20+,21-,22-,24-,25-,26+,27-,28-,29-,30-,31+,32+,33-,34+,35-/m0/s1. The van der Waals surface area contributed by atoms with Crippen molar-refractivity contribution < 1.29 is 69.3 Å². The van der Waals surface area contributed by atoms with Crippen LogP contribution in [0.15, 0.2) is 11.6 Å². The van der Waals surface area contributed by atoms with Crippen LogP contribution in [0.4, 0.5) is 0 Å². The molecule has 278 valence electrons. The van der Waals surface area contributed by atoms with E-state index in [9.17, 15) is 45.6 Å². The molecule has 14 heteroatoms. The van der Waals surface area contributed by atoms with Crippen molar-refractivity contribution >= 4 is 5.97 Å². The molecule has 8 N–H and O–H groups in total. The zero-order valence-corrected chi connectivity index (χ0v) is 28.4. The molecule has 6 fully saturated rings. The number of fused-ring (bicyclic) bond motifs is 5. The lowest BCUT2D eigenvalue weighted by molar-refractivity contribution is -0.360. The van der Waals surface area contributed by atoms with E-state index in [0.717, 1.165) is 44.1 Å². The van der Waals surface area contributed by atoms with Crippen molar-refractivity contribution in [2.75, 3.05) is 13.2 Å². The van der Waals surface area contributed by atoms with Crippen molar-refractivity contribution in [3.63, 3.8) is 0 Å². The maximum atomic E-state index is 12.5. The van der Waals surface area contributed by atoms with Crippen molar-refractivity contribution in [1.29, 1.82) is 0 Å². The molecule has 0 radical (unpaired) electrons. The Bertz CT molecular complexity index is 1280. The Kier molecular flexibility index (Phi) is 9.57. The summed E-state index contributed by atoms with van der Waals surface area (Å²) < 4.78 is 28.7. The Morgan fingerprint density at radius 1 is 0.857 bits per heavy atom. The summed E-state index contributed by atoms with van der Waals surface area (Å²) in [7, 11) is 0. The molecule has 2 saturated heterocycles. The highest BCUT2D eigenvalue weighted by atomic mass is 16.7. The molecular weight excluding hydrogens is 644 g/mol. The molecule has 4 aliphatic carbocycles. The summed E-state index contributed by atoms with van der Waals surface area (Å²) in [6.07, 6.45) is -7.24. The highest BCUT2D eigenvalue weighted by molar-refractivity contribution is 5.85. The first-order valence-corrected chi connectivity index (χ1v) is 18.0. The minimum Gasteiger partial charge on any atom is -0.458 e. The lowest BCUT2D eigenvalue weighted by Crippen LogP contribution is -2.64. The molecule has 14 nitrogen and oxygen atoms in total. The average Bonchev–Trinajstić information content (AvgIpc) is 3.57. The number of hydrogen-bond acceptors (Lipinski definition) is 14. The van der Waals surface area contributed by atoms with E-state index in [1.807, 2.05) is 0 Å². The maximum Gasteiger partial charge on any atom is 0.331 e. The first kappa shape index (κ1) is 36.1. The van der Waals surface area contributed by atoms with Gasteiger partial charge in [0.25, 0.3) is 0 Å². The van der Waals surface area contributed by atoms with Crippen LogP contribution < -0.4 is 0 Å². The molecule has 3 aliphatic heterocycles. The molecule has 4 saturated carbocycles. The summed E-state index contributed by atoms with van der Waals surface area (Å²) >= 11 is 0. The topological polar surface area (TPSA) is 225 Å². The third-order valence-corrected chi connectivity index (χ3v) is 14.1. The van der Waals surface area contributed by atoms with Crippen LogP contribution >= 0.6 is 0 Å². The first-order chi connectivity index (χ1) is 23.1. The Hall–Kier alpha value is -1.27. The molecule has 19 atom stereocenters. The van der Waals surface area contributed by atoms with Crippen LogP contribution in [-0.2, 0) is 28.5 Å². The molecule has 0 aromatic carbocycles. The van der Waals surface area contributed by atoms with Crippen LogP contribution in [0.2, 0.25) is 0 Å². The zero-order valence-electron chi connectivity index (χ0n) is 28.4. The van der Waals surface area contributed by atoms with Crippen molar-refractivity contribution in [1.82, 2.24) is 0 Å². The Morgan fingerprint density at radius 3 is 2.27 bits per heavy atom. The number of ether oxygens (including phenoxy) is 5. The van der Waals surface area contributed by atoms with E-state index in [4.69, 9.17) is 23.7 Å². The largest absolute Gasteiger partial charge is 0.458 e. The molecule has 49 heavy (non-hydrogen) atoms. The van der Waals surface area contributed by atoms with E-state index >= 15 is 0 Å². The number of carbonyl (C=O) groups excluding carboxylic acids is 1. The fourth-order valence-electron chi connectivity index (χ4n) is 11.4. The summed E-state index contributed by atoms with van der Waals surface area (Å²) in [4.78, 5) is 11.9. The van der Waals surface area contributed by atoms with Gasteiger partial charge in [-0.1, -0.05) is 13.8 Å². The summed E-state index contributed by atoms with van der Waals surface area (Å²) in [6.45, 7) is 5.57. The van der Waals surface area contributed by atoms with Crippen LogP contribution in [-0.4, -0.2) is 139 Å². The number of hydrogen-bond donors (Lipinski definition) is 8. The number of esters is 1. The van der Waals surface area contributed by atoms with Crippen LogP contribution in [0.3, 0.4) is 0 Å². The molecule has 0 unspecified atom stereocenters. The normalized spacial score (nSPS) is 56.0. The van der Waals surface area contributed by atoms with Crippen molar-refractivity contribution in [3.05, 3.63) is 11.6 Å². The average molecular weight is 699 g/mol. The summed E-state index contributed by atoms with van der Waals surface area (Å²) in [5.74, 6) is -0.134. The van der Waals surface area contributed by atoms with E-state index in [-0.39, 0.29) is 42.3 Å². The van der Waals surface area contributed by atoms with Gasteiger partial charge in [-0.25, -0.2) is 4.79 Å². The number of aliphatic hydroxyl groups excluding tert-OH is 7. The highest BCUT2D eigenvalue weighted by Crippen LogP contribution is 2.70. The van der Waals surface area contributed by atoms with E-state index in [2.05, 4.69) is 13.8 Å². The van der Waals surface area contributed by atoms with Crippen molar-refractivity contribution in [2.45, 2.75) is 151 Å². The number of rotatable bonds is 6. The third kappa shape index (κ3) is 5.64. The van der Waals surface area contributed by atoms with Gasteiger partial charge >= 0.3 is 5.97 Å². The smallest absolute Gasteiger partial charge is 0.331 e. The van der Waals surface area contributed by atoms with Gasteiger partial charge in [0.2, 0.25) is 0 Å². The summed E-state index contributed by atoms with van der Waals surface area (Å²) in [5, 5.41) is 86.0. The van der Waals surface area contributed by atoms with E-state index < -0.39 is 91.1 Å². The Morgan fingerprint density at radius 2 is 1.57 bits per heavy atom. The monoisotopic (exact) mass is 698 g/mol. The fraction of sp³-hybridized carbons (Fsp3) is 0.914. The molecule has 0 spiro atoms. The van der Waals surface area contributed by atoms with Crippen molar-refractivity contribution in [3.8, 4) is 0 Å². The van der Waals surface area contributed by atoms with E-state index in [1.54, 1.807) is 6.92 Å². The minimum absolute atomic E-state index is 0.0170. The third-order valence-electron chi connectivity index (χ3n) is 14.1. The molecule has 7 rings (SSSR count). The van der Waals surface area contributed by atoms with Gasteiger partial charge in [-0.05, 0) is 80.6 Å². The highest BCUT2D eigenvalue weighted by Gasteiger charge is 2.70. The molecule has 3 heterocycles. The molecule has 7 aliphatic rings. The van der Waals surface area contributed by atoms with Crippen molar-refractivity contribution in [2.24, 2.45) is 34.5 Å². The van der Waals surface area contributed by atoms with E-state index in [1.165, 1.54) is 6.08 Å². The van der Waals surface area contributed by atoms with E-state index in [0.29, 0.717) is 12.3 Å². The number of aliphatic hydroxyl groups is 8. The second kappa shape index (κ2) is 13.0. The second-order valence-electron chi connectivity index (χ2n) is 16.5. The van der Waals surface area contributed by atoms with Gasteiger partial charge in [0, 0.05) is 23.8 Å². The second-order valence-corrected chi connectivity index (χ2v) is 16.5. The van der Waals surface area contributed by atoms with Crippen LogP contribution in [0.5, 0.6) is 0 Å². The molecule has 0 amide bonds. The van der Waals surface area contributed by atoms with Gasteiger partial charge in [-0.3, -0.25) is 0 Å². The fourth-order valence-corrected chi connectivity index (χ4v) is 11.4. The van der Waals surface area contributed by atoms with Crippen LogP contribution in [0.1, 0.15) is 72.1 Å². The molecule has 0 bridgehead atoms. The first-order valence-electron chi connectivity index (χ1n) is 18.0. The SMILES string of the molecule is C[C@@H]1O[C@H](O[C@H]2CC[C@@]3(C)[C@H](CC[C@@H]4[C@H]3CC[C@]3(C)[C@@H](C5=CC(=O)OC5)[C@@H](O)C[C@]43O)C2)[C@@H](O)[C@H](O)[C@H]1O[C@H]1O[C@@H](CO)[C@H](O)[C@@H](O)[C@@H]1O. The van der Waals surface area contributed by atoms with Gasteiger partial charge in [-0.15, -0.1) is 0 Å². The molecular formula is C35H54O14. The van der Waals surface area contributed by atoms with Gasteiger partial charge < -0.3 is 64.5 Å². The minimum atomic E-state index is -1.67. The van der Waals surface area contributed by atoms with Gasteiger partial charge in [0.15, 0.2) is 12.6 Å². The lowest BCUT2D eigenvalue weighted by Gasteiger charge is -2.63. The summed E-state index contributed by atoms with van der Waals surface area (Å²) in [5.41, 5.74) is -0.899. The van der Waals surface area contributed by atoms with Gasteiger partial charge in [0.1, 0.15) is 49.3 Å². The van der Waals surface area contributed by atoms with Gasteiger partial charge in [-0.2, -0.15) is 0 Å². The quantitative estimate of drug-likeness (QED) is 0.126. The number of carbonyl (C=O) groups is 1. The lowest BCUT2D eigenvalue weighted by atomic mass is 9.43. The Labute approximate surface area is 285 Å². The van der Waals surface area contributed by atoms with Crippen LogP contribution in [0, 0.1) is 34.5 Å².